The number of halogens is 1. The van der Waals surface area contributed by atoms with Crippen molar-refractivity contribution in [3.8, 4) is 11.5 Å². The monoisotopic (exact) mass is 452 g/mol. The average molecular weight is 453 g/mol. The predicted molar refractivity (Wildman–Crippen MR) is 122 cm³/mol. The smallest absolute Gasteiger partial charge is 0.306 e. The second-order valence-corrected chi connectivity index (χ2v) is 7.14. The van der Waals surface area contributed by atoms with Crippen molar-refractivity contribution in [3.63, 3.8) is 0 Å². The predicted octanol–water partition coefficient (Wildman–Crippen LogP) is 5.03. The van der Waals surface area contributed by atoms with Gasteiger partial charge in [0.1, 0.15) is 11.5 Å². The lowest BCUT2D eigenvalue weighted by Crippen LogP contribution is -2.21. The highest BCUT2D eigenvalue weighted by atomic mass is 35.5. The van der Waals surface area contributed by atoms with Crippen LogP contribution in [0.15, 0.2) is 78.9 Å². The minimum absolute atomic E-state index is 0.0695. The zero-order valence-electron chi connectivity index (χ0n) is 17.0. The van der Waals surface area contributed by atoms with E-state index >= 15 is 0 Å². The van der Waals surface area contributed by atoms with E-state index in [-0.39, 0.29) is 18.7 Å². The van der Waals surface area contributed by atoms with Gasteiger partial charge in [0, 0.05) is 22.8 Å². The summed E-state index contributed by atoms with van der Waals surface area (Å²) < 4.78 is 10.6. The van der Waals surface area contributed by atoms with Gasteiger partial charge in [0.25, 0.3) is 5.91 Å². The fourth-order valence-corrected chi connectivity index (χ4v) is 2.74. The highest BCUT2D eigenvalue weighted by molar-refractivity contribution is 6.30. The first-order valence-corrected chi connectivity index (χ1v) is 10.2. The van der Waals surface area contributed by atoms with E-state index in [4.69, 9.17) is 21.1 Å². The van der Waals surface area contributed by atoms with E-state index in [1.165, 1.54) is 0 Å². The molecular formula is C24H21ClN2O5. The molecule has 3 rings (SSSR count). The number of nitrogens with one attached hydrogen (secondary N) is 2. The quantitative estimate of drug-likeness (QED) is 0.444. The van der Waals surface area contributed by atoms with E-state index in [2.05, 4.69) is 10.6 Å². The number of anilines is 2. The molecule has 0 aromatic heterocycles. The molecule has 2 amide bonds. The van der Waals surface area contributed by atoms with Crippen molar-refractivity contribution in [1.82, 2.24) is 0 Å². The van der Waals surface area contributed by atoms with E-state index in [9.17, 15) is 14.4 Å². The second kappa shape index (κ2) is 11.5. The molecule has 0 saturated heterocycles. The Labute approximate surface area is 190 Å². The third kappa shape index (κ3) is 7.77. The van der Waals surface area contributed by atoms with Crippen molar-refractivity contribution < 1.29 is 23.9 Å². The summed E-state index contributed by atoms with van der Waals surface area (Å²) in [7, 11) is 0. The van der Waals surface area contributed by atoms with E-state index in [0.29, 0.717) is 27.9 Å². The Hall–Kier alpha value is -3.84. The molecule has 0 heterocycles. The molecule has 164 valence electrons. The zero-order chi connectivity index (χ0) is 22.8. The van der Waals surface area contributed by atoms with Gasteiger partial charge in [-0.2, -0.15) is 0 Å². The van der Waals surface area contributed by atoms with Crippen LogP contribution >= 0.6 is 11.6 Å². The molecule has 0 unspecified atom stereocenters. The number of ether oxygens (including phenoxy) is 2. The number of para-hydroxylation sites is 1. The topological polar surface area (TPSA) is 93.7 Å². The zero-order valence-corrected chi connectivity index (χ0v) is 17.8. The van der Waals surface area contributed by atoms with Crippen molar-refractivity contribution in [1.29, 1.82) is 0 Å². The molecule has 3 aromatic rings. The van der Waals surface area contributed by atoms with Crippen LogP contribution in [0.5, 0.6) is 11.5 Å². The number of esters is 1. The summed E-state index contributed by atoms with van der Waals surface area (Å²) >= 11 is 5.78. The Balaban J connectivity index is 1.35. The van der Waals surface area contributed by atoms with Crippen LogP contribution in [0.4, 0.5) is 11.4 Å². The lowest BCUT2D eigenvalue weighted by Gasteiger charge is -2.08. The molecule has 32 heavy (non-hydrogen) atoms. The molecule has 0 aliphatic heterocycles. The van der Waals surface area contributed by atoms with Gasteiger partial charge in [-0.05, 0) is 60.7 Å². The number of hydrogen-bond donors (Lipinski definition) is 2. The van der Waals surface area contributed by atoms with Crippen LogP contribution in [0.2, 0.25) is 5.02 Å². The van der Waals surface area contributed by atoms with Crippen molar-refractivity contribution in [2.24, 2.45) is 0 Å². The molecule has 2 N–H and O–H groups in total. The van der Waals surface area contributed by atoms with Gasteiger partial charge in [0.05, 0.1) is 6.42 Å². The van der Waals surface area contributed by atoms with Gasteiger partial charge in [-0.1, -0.05) is 29.8 Å². The van der Waals surface area contributed by atoms with Gasteiger partial charge < -0.3 is 20.1 Å². The number of carbonyl (C=O) groups excluding carboxylic acids is 3. The molecule has 0 saturated carbocycles. The minimum Gasteiger partial charge on any atom is -0.457 e. The summed E-state index contributed by atoms with van der Waals surface area (Å²) in [5, 5.41) is 5.82. The maximum absolute atomic E-state index is 12.1. The summed E-state index contributed by atoms with van der Waals surface area (Å²) in [5.74, 6) is -0.121. The molecule has 0 spiro atoms. The third-order valence-electron chi connectivity index (χ3n) is 4.17. The van der Waals surface area contributed by atoms with Crippen LogP contribution in [-0.4, -0.2) is 24.4 Å². The Kier molecular flexibility index (Phi) is 8.22. The van der Waals surface area contributed by atoms with Gasteiger partial charge in [-0.25, -0.2) is 0 Å². The highest BCUT2D eigenvalue weighted by Gasteiger charge is 2.11. The average Bonchev–Trinajstić information content (AvgIpc) is 2.80. The first-order valence-electron chi connectivity index (χ1n) is 9.82. The maximum atomic E-state index is 12.1. The fourth-order valence-electron chi connectivity index (χ4n) is 2.62. The van der Waals surface area contributed by atoms with E-state index < -0.39 is 18.5 Å². The van der Waals surface area contributed by atoms with E-state index in [1.54, 1.807) is 48.5 Å². The molecule has 0 atom stereocenters. The summed E-state index contributed by atoms with van der Waals surface area (Å²) in [5.41, 5.74) is 1.11. The van der Waals surface area contributed by atoms with Gasteiger partial charge in [-0.3, -0.25) is 14.4 Å². The maximum Gasteiger partial charge on any atom is 0.306 e. The number of carbonyl (C=O) groups is 3. The first kappa shape index (κ1) is 22.8. The molecule has 8 heteroatoms. The van der Waals surface area contributed by atoms with Crippen molar-refractivity contribution in [2.45, 2.75) is 12.8 Å². The molecule has 0 bridgehead atoms. The number of hydrogen-bond acceptors (Lipinski definition) is 5. The lowest BCUT2D eigenvalue weighted by atomic mass is 10.2. The summed E-state index contributed by atoms with van der Waals surface area (Å²) in [6, 6.07) is 22.7. The van der Waals surface area contributed by atoms with Crippen LogP contribution in [0.3, 0.4) is 0 Å². The molecule has 0 aliphatic rings. The van der Waals surface area contributed by atoms with Gasteiger partial charge in [0.2, 0.25) is 5.91 Å². The van der Waals surface area contributed by atoms with Gasteiger partial charge >= 0.3 is 5.97 Å². The Morgan fingerprint density at radius 2 is 1.25 bits per heavy atom. The van der Waals surface area contributed by atoms with Crippen LogP contribution in [0.25, 0.3) is 0 Å². The number of benzene rings is 3. The molecule has 7 nitrogen and oxygen atoms in total. The first-order chi connectivity index (χ1) is 15.5. The van der Waals surface area contributed by atoms with Crippen LogP contribution < -0.4 is 15.4 Å². The summed E-state index contributed by atoms with van der Waals surface area (Å²) in [6.07, 6.45) is -0.213. The van der Waals surface area contributed by atoms with Crippen molar-refractivity contribution in [3.05, 3.63) is 83.9 Å². The largest absolute Gasteiger partial charge is 0.457 e. The fraction of sp³-hybridized carbons (Fsp3) is 0.125. The normalized spacial score (nSPS) is 10.2. The molecular weight excluding hydrogens is 432 g/mol. The second-order valence-electron chi connectivity index (χ2n) is 6.70. The standard InChI is InChI=1S/C24H21ClN2O5/c25-17-6-8-18(9-7-17)27-23(29)16-31-24(30)15-14-22(28)26-19-10-12-21(13-11-19)32-20-4-2-1-3-5-20/h1-13H,14-16H2,(H,26,28)(H,27,29). The lowest BCUT2D eigenvalue weighted by molar-refractivity contribution is -0.147. The Bertz CT molecular complexity index is 1050. The third-order valence-corrected chi connectivity index (χ3v) is 4.42. The van der Waals surface area contributed by atoms with Crippen LogP contribution in [0, 0.1) is 0 Å². The minimum atomic E-state index is -0.641. The van der Waals surface area contributed by atoms with E-state index in [1.807, 2.05) is 30.3 Å². The summed E-state index contributed by atoms with van der Waals surface area (Å²) in [6.45, 7) is -0.439. The van der Waals surface area contributed by atoms with Crippen LogP contribution in [0.1, 0.15) is 12.8 Å². The summed E-state index contributed by atoms with van der Waals surface area (Å²) in [4.78, 5) is 35.7. The molecule has 0 aliphatic carbocycles. The SMILES string of the molecule is O=C(CCC(=O)OCC(=O)Nc1ccc(Cl)cc1)Nc1ccc(Oc2ccccc2)cc1. The molecule has 3 aromatic carbocycles. The highest BCUT2D eigenvalue weighted by Crippen LogP contribution is 2.22. The molecule has 0 radical (unpaired) electrons. The van der Waals surface area contributed by atoms with Crippen molar-refractivity contribution >= 4 is 40.8 Å². The van der Waals surface area contributed by atoms with Gasteiger partial charge in [-0.15, -0.1) is 0 Å². The van der Waals surface area contributed by atoms with Crippen molar-refractivity contribution in [2.75, 3.05) is 17.2 Å². The van der Waals surface area contributed by atoms with E-state index in [0.717, 1.165) is 0 Å². The Morgan fingerprint density at radius 1 is 0.688 bits per heavy atom. The number of rotatable bonds is 9. The van der Waals surface area contributed by atoms with Gasteiger partial charge in [0.15, 0.2) is 6.61 Å². The number of amides is 2. The van der Waals surface area contributed by atoms with Crippen LogP contribution in [-0.2, 0) is 19.1 Å². The Morgan fingerprint density at radius 3 is 1.91 bits per heavy atom. The molecule has 0 fully saturated rings.